The summed E-state index contributed by atoms with van der Waals surface area (Å²) in [5, 5.41) is 6.93. The molecule has 0 radical (unpaired) electrons. The van der Waals surface area contributed by atoms with Crippen LogP contribution >= 0.6 is 0 Å². The number of rotatable bonds is 4. The van der Waals surface area contributed by atoms with E-state index in [1.54, 1.807) is 18.2 Å². The number of likely N-dealkylation sites (tertiary alicyclic amines) is 1. The molecule has 1 fully saturated rings. The van der Waals surface area contributed by atoms with Crippen LogP contribution in [0.5, 0.6) is 5.75 Å². The first kappa shape index (κ1) is 16.5. The van der Waals surface area contributed by atoms with Gasteiger partial charge in [-0.15, -0.1) is 0 Å². The summed E-state index contributed by atoms with van der Waals surface area (Å²) < 4.78 is 18.6. The molecule has 24 heavy (non-hydrogen) atoms. The molecule has 0 spiro atoms. The van der Waals surface area contributed by atoms with Gasteiger partial charge in [0.15, 0.2) is 5.69 Å². The van der Waals surface area contributed by atoms with Crippen LogP contribution in [0.1, 0.15) is 48.3 Å². The number of hydrogen-bond acceptors (Lipinski definition) is 3. The maximum atomic E-state index is 13.1. The fourth-order valence-corrected chi connectivity index (χ4v) is 2.88. The highest BCUT2D eigenvalue weighted by molar-refractivity contribution is 5.92. The predicted molar refractivity (Wildman–Crippen MR) is 88.3 cm³/mol. The zero-order valence-electron chi connectivity index (χ0n) is 13.6. The molecule has 1 N–H and O–H groups in total. The molecule has 0 atom stereocenters. The highest BCUT2D eigenvalue weighted by Gasteiger charge is 2.19. The summed E-state index contributed by atoms with van der Waals surface area (Å²) in [4.78, 5) is 14.4. The zero-order valence-corrected chi connectivity index (χ0v) is 13.6. The van der Waals surface area contributed by atoms with Crippen LogP contribution in [0, 0.1) is 5.82 Å². The fraction of sp³-hybridized carbons (Fsp3) is 0.444. The van der Waals surface area contributed by atoms with Crippen molar-refractivity contribution < 1.29 is 13.9 Å². The number of ether oxygens (including phenoxy) is 1. The normalized spacial score (nSPS) is 15.6. The molecule has 6 heteroatoms. The van der Waals surface area contributed by atoms with E-state index in [0.717, 1.165) is 25.9 Å². The van der Waals surface area contributed by atoms with Gasteiger partial charge < -0.3 is 9.64 Å². The van der Waals surface area contributed by atoms with Gasteiger partial charge in [0.2, 0.25) is 0 Å². The molecule has 1 saturated heterocycles. The number of carbonyl (C=O) groups is 1. The third-order valence-electron chi connectivity index (χ3n) is 4.18. The molecule has 0 bridgehead atoms. The minimum atomic E-state index is -0.343. The largest absolute Gasteiger partial charge is 0.487 e. The van der Waals surface area contributed by atoms with E-state index >= 15 is 0 Å². The van der Waals surface area contributed by atoms with E-state index in [-0.39, 0.29) is 18.3 Å². The quantitative estimate of drug-likeness (QED) is 0.932. The number of amides is 1. The monoisotopic (exact) mass is 331 g/mol. The molecule has 1 aliphatic rings. The standard InChI is InChI=1S/C18H22FN3O2/c19-14-7-6-8-16(11-14)24-13-15-12-17(21-20-15)18(23)22-9-4-2-1-3-5-10-22/h6-8,11-12H,1-5,9-10,13H2,(H,20,21). The fourth-order valence-electron chi connectivity index (χ4n) is 2.88. The smallest absolute Gasteiger partial charge is 0.274 e. The molecule has 2 heterocycles. The van der Waals surface area contributed by atoms with Gasteiger partial charge in [0.05, 0.1) is 5.69 Å². The molecule has 128 valence electrons. The molecule has 5 nitrogen and oxygen atoms in total. The highest BCUT2D eigenvalue weighted by atomic mass is 19.1. The van der Waals surface area contributed by atoms with Crippen molar-refractivity contribution >= 4 is 5.91 Å². The first-order valence-electron chi connectivity index (χ1n) is 8.44. The number of benzene rings is 1. The van der Waals surface area contributed by atoms with Crippen molar-refractivity contribution in [3.05, 3.63) is 47.5 Å². The molecule has 0 unspecified atom stereocenters. The van der Waals surface area contributed by atoms with Gasteiger partial charge in [-0.1, -0.05) is 25.3 Å². The maximum Gasteiger partial charge on any atom is 0.274 e. The van der Waals surface area contributed by atoms with Crippen LogP contribution < -0.4 is 4.74 Å². The Bertz CT molecular complexity index is 678. The zero-order chi connectivity index (χ0) is 16.8. The van der Waals surface area contributed by atoms with Crippen molar-refractivity contribution in [2.24, 2.45) is 0 Å². The van der Waals surface area contributed by atoms with E-state index in [1.807, 2.05) is 4.90 Å². The third kappa shape index (κ3) is 4.34. The number of H-pyrrole nitrogens is 1. The number of halogens is 1. The number of nitrogens with zero attached hydrogens (tertiary/aromatic N) is 2. The summed E-state index contributed by atoms with van der Waals surface area (Å²) >= 11 is 0. The van der Waals surface area contributed by atoms with E-state index in [1.165, 1.54) is 31.4 Å². The van der Waals surface area contributed by atoms with Gasteiger partial charge in [0.1, 0.15) is 18.2 Å². The van der Waals surface area contributed by atoms with E-state index < -0.39 is 0 Å². The Morgan fingerprint density at radius 1 is 1.17 bits per heavy atom. The van der Waals surface area contributed by atoms with Gasteiger partial charge in [0.25, 0.3) is 5.91 Å². The minimum Gasteiger partial charge on any atom is -0.487 e. The Morgan fingerprint density at radius 3 is 2.67 bits per heavy atom. The lowest BCUT2D eigenvalue weighted by Gasteiger charge is -2.23. The lowest BCUT2D eigenvalue weighted by atomic mass is 10.1. The van der Waals surface area contributed by atoms with Crippen LogP contribution in [0.4, 0.5) is 4.39 Å². The Hall–Kier alpha value is -2.37. The Kier molecular flexibility index (Phi) is 5.46. The number of aromatic nitrogens is 2. The molecule has 1 aromatic carbocycles. The number of hydrogen-bond donors (Lipinski definition) is 1. The topological polar surface area (TPSA) is 58.2 Å². The second kappa shape index (κ2) is 7.95. The lowest BCUT2D eigenvalue weighted by Crippen LogP contribution is -2.34. The average Bonchev–Trinajstić information content (AvgIpc) is 3.01. The molecular weight excluding hydrogens is 309 g/mol. The van der Waals surface area contributed by atoms with Crippen molar-refractivity contribution in [2.75, 3.05) is 13.1 Å². The molecule has 1 amide bonds. The lowest BCUT2D eigenvalue weighted by molar-refractivity contribution is 0.0736. The second-order valence-corrected chi connectivity index (χ2v) is 6.08. The first-order valence-corrected chi connectivity index (χ1v) is 8.44. The summed E-state index contributed by atoms with van der Waals surface area (Å²) in [6.07, 6.45) is 5.71. The number of nitrogens with one attached hydrogen (secondary N) is 1. The average molecular weight is 331 g/mol. The van der Waals surface area contributed by atoms with Gasteiger partial charge in [-0.05, 0) is 31.0 Å². The predicted octanol–water partition coefficient (Wildman–Crippen LogP) is 3.53. The third-order valence-corrected chi connectivity index (χ3v) is 4.18. The molecule has 2 aromatic rings. The van der Waals surface area contributed by atoms with E-state index in [0.29, 0.717) is 17.1 Å². The van der Waals surface area contributed by atoms with Gasteiger partial charge in [-0.2, -0.15) is 5.10 Å². The van der Waals surface area contributed by atoms with Crippen LogP contribution in [0.15, 0.2) is 30.3 Å². The Labute approximate surface area is 140 Å². The van der Waals surface area contributed by atoms with Crippen molar-refractivity contribution in [1.82, 2.24) is 15.1 Å². The van der Waals surface area contributed by atoms with Crippen LogP contribution in [0.3, 0.4) is 0 Å². The number of aromatic amines is 1. The molecular formula is C18H22FN3O2. The summed E-state index contributed by atoms with van der Waals surface area (Å²) in [5.74, 6) is 0.0662. The molecule has 0 saturated carbocycles. The molecule has 1 aliphatic heterocycles. The maximum absolute atomic E-state index is 13.1. The van der Waals surface area contributed by atoms with Crippen LogP contribution in [0.2, 0.25) is 0 Å². The van der Waals surface area contributed by atoms with Gasteiger partial charge >= 0.3 is 0 Å². The van der Waals surface area contributed by atoms with Gasteiger partial charge in [-0.25, -0.2) is 4.39 Å². The SMILES string of the molecule is O=C(c1cc(COc2cccc(F)c2)[nH]n1)N1CCCCCCC1. The first-order chi connectivity index (χ1) is 11.7. The Balaban J connectivity index is 1.58. The van der Waals surface area contributed by atoms with Crippen molar-refractivity contribution in [1.29, 1.82) is 0 Å². The van der Waals surface area contributed by atoms with Crippen molar-refractivity contribution in [2.45, 2.75) is 38.7 Å². The minimum absolute atomic E-state index is 0.0369. The second-order valence-electron chi connectivity index (χ2n) is 6.08. The van der Waals surface area contributed by atoms with Crippen molar-refractivity contribution in [3.8, 4) is 5.75 Å². The van der Waals surface area contributed by atoms with Crippen molar-refractivity contribution in [3.63, 3.8) is 0 Å². The van der Waals surface area contributed by atoms with Crippen LogP contribution in [-0.2, 0) is 6.61 Å². The molecule has 0 aliphatic carbocycles. The summed E-state index contributed by atoms with van der Waals surface area (Å²) in [6.45, 7) is 1.80. The Morgan fingerprint density at radius 2 is 1.92 bits per heavy atom. The van der Waals surface area contributed by atoms with Crippen LogP contribution in [-0.4, -0.2) is 34.1 Å². The molecule has 3 rings (SSSR count). The van der Waals surface area contributed by atoms with Crippen LogP contribution in [0.25, 0.3) is 0 Å². The van der Waals surface area contributed by atoms with Gasteiger partial charge in [-0.3, -0.25) is 9.89 Å². The summed E-state index contributed by atoms with van der Waals surface area (Å²) in [7, 11) is 0. The molecule has 1 aromatic heterocycles. The van der Waals surface area contributed by atoms with E-state index in [4.69, 9.17) is 4.74 Å². The number of carbonyl (C=O) groups excluding carboxylic acids is 1. The van der Waals surface area contributed by atoms with E-state index in [2.05, 4.69) is 10.2 Å². The highest BCUT2D eigenvalue weighted by Crippen LogP contribution is 2.15. The summed E-state index contributed by atoms with van der Waals surface area (Å²) in [6, 6.07) is 7.67. The summed E-state index contributed by atoms with van der Waals surface area (Å²) in [5.41, 5.74) is 1.10. The van der Waals surface area contributed by atoms with Gasteiger partial charge in [0, 0.05) is 19.2 Å². The van der Waals surface area contributed by atoms with E-state index in [9.17, 15) is 9.18 Å².